The molecule has 0 saturated carbocycles. The van der Waals surface area contributed by atoms with Gasteiger partial charge in [-0.2, -0.15) is 0 Å². The number of aromatic nitrogens is 1. The number of hydrogen-bond donors (Lipinski definition) is 2. The van der Waals surface area contributed by atoms with E-state index in [1.807, 2.05) is 13.8 Å². The topological polar surface area (TPSA) is 62.2 Å². The molecule has 0 saturated heterocycles. The fourth-order valence-corrected chi connectivity index (χ4v) is 0.878. The molecule has 0 aliphatic carbocycles. The maximum atomic E-state index is 10.5. The van der Waals surface area contributed by atoms with Crippen LogP contribution in [0.4, 0.5) is 5.82 Å². The standard InChI is InChI=1S/C9H12N2O2.C2H6/c1-2-5-10-8-4-3-7(6-11-8)9(12)13;1-2/h3-4,6H,2,5H2,1H3,(H,10,11)(H,12,13);1-2H3. The number of pyridine rings is 1. The molecule has 1 aromatic rings. The number of hydrogen-bond acceptors (Lipinski definition) is 3. The summed E-state index contributed by atoms with van der Waals surface area (Å²) in [6.07, 6.45) is 2.36. The summed E-state index contributed by atoms with van der Waals surface area (Å²) < 4.78 is 0. The minimum Gasteiger partial charge on any atom is -0.478 e. The van der Waals surface area contributed by atoms with Crippen LogP contribution < -0.4 is 5.32 Å². The summed E-state index contributed by atoms with van der Waals surface area (Å²) >= 11 is 0. The van der Waals surface area contributed by atoms with Gasteiger partial charge in [0.25, 0.3) is 0 Å². The largest absolute Gasteiger partial charge is 0.478 e. The summed E-state index contributed by atoms with van der Waals surface area (Å²) in [7, 11) is 0. The van der Waals surface area contributed by atoms with E-state index in [1.54, 1.807) is 6.07 Å². The summed E-state index contributed by atoms with van der Waals surface area (Å²) in [6, 6.07) is 3.20. The van der Waals surface area contributed by atoms with Crippen LogP contribution in [0.2, 0.25) is 0 Å². The van der Waals surface area contributed by atoms with Crippen molar-refractivity contribution < 1.29 is 9.90 Å². The van der Waals surface area contributed by atoms with E-state index in [0.717, 1.165) is 13.0 Å². The van der Waals surface area contributed by atoms with Gasteiger partial charge in [-0.05, 0) is 18.6 Å². The van der Waals surface area contributed by atoms with Crippen LogP contribution in [0.3, 0.4) is 0 Å². The van der Waals surface area contributed by atoms with Crippen molar-refractivity contribution in [1.82, 2.24) is 4.98 Å². The summed E-state index contributed by atoms with van der Waals surface area (Å²) in [4.78, 5) is 14.4. The molecule has 0 aliphatic rings. The van der Waals surface area contributed by atoms with Crippen molar-refractivity contribution in [1.29, 1.82) is 0 Å². The average molecular weight is 210 g/mol. The van der Waals surface area contributed by atoms with Crippen LogP contribution in [0, 0.1) is 0 Å². The van der Waals surface area contributed by atoms with Crippen molar-refractivity contribution in [2.75, 3.05) is 11.9 Å². The Balaban J connectivity index is 0.000000921. The lowest BCUT2D eigenvalue weighted by molar-refractivity contribution is 0.0696. The molecular formula is C11H18N2O2. The molecule has 4 heteroatoms. The van der Waals surface area contributed by atoms with Crippen LogP contribution in [-0.4, -0.2) is 22.6 Å². The second kappa shape index (κ2) is 7.79. The first-order valence-corrected chi connectivity index (χ1v) is 5.17. The first-order valence-electron chi connectivity index (χ1n) is 5.17. The quantitative estimate of drug-likeness (QED) is 0.802. The average Bonchev–Trinajstić information content (AvgIpc) is 2.29. The molecule has 0 atom stereocenters. The Hall–Kier alpha value is -1.58. The highest BCUT2D eigenvalue weighted by atomic mass is 16.4. The van der Waals surface area contributed by atoms with E-state index >= 15 is 0 Å². The third kappa shape index (κ3) is 5.00. The number of rotatable bonds is 4. The van der Waals surface area contributed by atoms with Crippen molar-refractivity contribution in [2.45, 2.75) is 27.2 Å². The van der Waals surface area contributed by atoms with Crippen molar-refractivity contribution in [3.63, 3.8) is 0 Å². The second-order valence-corrected chi connectivity index (χ2v) is 2.66. The number of carboxylic acid groups (broad SMARTS) is 1. The Morgan fingerprint density at radius 3 is 2.53 bits per heavy atom. The third-order valence-electron chi connectivity index (χ3n) is 1.57. The van der Waals surface area contributed by atoms with Crippen LogP contribution in [0.5, 0.6) is 0 Å². The SMILES string of the molecule is CC.CCCNc1ccc(C(=O)O)cn1. The normalized spacial score (nSPS) is 8.73. The third-order valence-corrected chi connectivity index (χ3v) is 1.57. The lowest BCUT2D eigenvalue weighted by atomic mass is 10.3. The number of nitrogens with zero attached hydrogens (tertiary/aromatic N) is 1. The monoisotopic (exact) mass is 210 g/mol. The van der Waals surface area contributed by atoms with Crippen LogP contribution in [-0.2, 0) is 0 Å². The van der Waals surface area contributed by atoms with E-state index in [1.165, 1.54) is 12.3 Å². The van der Waals surface area contributed by atoms with Gasteiger partial charge < -0.3 is 10.4 Å². The second-order valence-electron chi connectivity index (χ2n) is 2.66. The molecule has 1 aromatic heterocycles. The molecule has 84 valence electrons. The fraction of sp³-hybridized carbons (Fsp3) is 0.455. The number of carboxylic acids is 1. The molecule has 0 amide bonds. The zero-order chi connectivity index (χ0) is 11.7. The zero-order valence-electron chi connectivity index (χ0n) is 9.45. The highest BCUT2D eigenvalue weighted by Crippen LogP contribution is 2.04. The van der Waals surface area contributed by atoms with Crippen LogP contribution in [0.1, 0.15) is 37.6 Å². The van der Waals surface area contributed by atoms with Crippen LogP contribution >= 0.6 is 0 Å². The summed E-state index contributed by atoms with van der Waals surface area (Å²) in [5.74, 6) is -0.235. The Kier molecular flexibility index (Phi) is 6.97. The van der Waals surface area contributed by atoms with Crippen LogP contribution in [0.15, 0.2) is 18.3 Å². The van der Waals surface area contributed by atoms with E-state index in [2.05, 4.69) is 17.2 Å². The number of carbonyl (C=O) groups is 1. The summed E-state index contributed by atoms with van der Waals surface area (Å²) in [5.41, 5.74) is 0.210. The molecule has 0 aromatic carbocycles. The molecule has 0 spiro atoms. The van der Waals surface area contributed by atoms with E-state index in [-0.39, 0.29) is 5.56 Å². The lowest BCUT2D eigenvalue weighted by Gasteiger charge is -2.02. The molecule has 0 unspecified atom stereocenters. The Labute approximate surface area is 90.4 Å². The molecule has 1 heterocycles. The molecule has 4 nitrogen and oxygen atoms in total. The maximum absolute atomic E-state index is 10.5. The lowest BCUT2D eigenvalue weighted by Crippen LogP contribution is -2.03. The summed E-state index contributed by atoms with van der Waals surface area (Å²) in [5, 5.41) is 11.6. The Bertz CT molecular complexity index is 283. The van der Waals surface area contributed by atoms with Crippen molar-refractivity contribution in [2.24, 2.45) is 0 Å². The summed E-state index contributed by atoms with van der Waals surface area (Å²) in [6.45, 7) is 6.90. The minimum absolute atomic E-state index is 0.210. The molecule has 0 aliphatic heterocycles. The van der Waals surface area contributed by atoms with Gasteiger partial charge in [-0.25, -0.2) is 9.78 Å². The molecule has 15 heavy (non-hydrogen) atoms. The van der Waals surface area contributed by atoms with Crippen molar-refractivity contribution in [3.8, 4) is 0 Å². The van der Waals surface area contributed by atoms with E-state index in [0.29, 0.717) is 5.82 Å². The van der Waals surface area contributed by atoms with Crippen molar-refractivity contribution >= 4 is 11.8 Å². The van der Waals surface area contributed by atoms with Gasteiger partial charge in [0, 0.05) is 12.7 Å². The molecule has 1 rings (SSSR count). The van der Waals surface area contributed by atoms with E-state index in [9.17, 15) is 4.79 Å². The Morgan fingerprint density at radius 1 is 1.47 bits per heavy atom. The van der Waals surface area contributed by atoms with Gasteiger partial charge in [0.15, 0.2) is 0 Å². The maximum Gasteiger partial charge on any atom is 0.337 e. The fourth-order valence-electron chi connectivity index (χ4n) is 0.878. The number of aromatic carboxylic acids is 1. The zero-order valence-corrected chi connectivity index (χ0v) is 9.45. The van der Waals surface area contributed by atoms with Gasteiger partial charge in [-0.1, -0.05) is 20.8 Å². The van der Waals surface area contributed by atoms with Crippen LogP contribution in [0.25, 0.3) is 0 Å². The van der Waals surface area contributed by atoms with Gasteiger partial charge in [0.2, 0.25) is 0 Å². The molecule has 0 fully saturated rings. The number of anilines is 1. The highest BCUT2D eigenvalue weighted by Gasteiger charge is 2.01. The van der Waals surface area contributed by atoms with Gasteiger partial charge in [0.05, 0.1) is 5.56 Å². The molecule has 0 radical (unpaired) electrons. The number of nitrogens with one attached hydrogen (secondary N) is 1. The van der Waals surface area contributed by atoms with Gasteiger partial charge in [-0.15, -0.1) is 0 Å². The molecule has 0 bridgehead atoms. The molecular weight excluding hydrogens is 192 g/mol. The molecule has 2 N–H and O–H groups in total. The van der Waals surface area contributed by atoms with E-state index < -0.39 is 5.97 Å². The smallest absolute Gasteiger partial charge is 0.337 e. The predicted octanol–water partition coefficient (Wildman–Crippen LogP) is 2.63. The van der Waals surface area contributed by atoms with Gasteiger partial charge >= 0.3 is 5.97 Å². The van der Waals surface area contributed by atoms with Gasteiger partial charge in [-0.3, -0.25) is 0 Å². The first kappa shape index (κ1) is 13.4. The van der Waals surface area contributed by atoms with E-state index in [4.69, 9.17) is 5.11 Å². The predicted molar refractivity (Wildman–Crippen MR) is 61.3 cm³/mol. The van der Waals surface area contributed by atoms with Crippen molar-refractivity contribution in [3.05, 3.63) is 23.9 Å². The Morgan fingerprint density at radius 2 is 2.13 bits per heavy atom. The minimum atomic E-state index is -0.949. The first-order chi connectivity index (χ1) is 7.24. The van der Waals surface area contributed by atoms with Gasteiger partial charge in [0.1, 0.15) is 5.82 Å². The highest BCUT2D eigenvalue weighted by molar-refractivity contribution is 5.87.